The van der Waals surface area contributed by atoms with Crippen LogP contribution in [0.4, 0.5) is 0 Å². The number of carbonyl (C=O) groups is 2. The molecule has 0 saturated heterocycles. The molecule has 4 heteroatoms. The van der Waals surface area contributed by atoms with Crippen LogP contribution in [0.2, 0.25) is 0 Å². The van der Waals surface area contributed by atoms with E-state index < -0.39 is 0 Å². The molecule has 0 unspecified atom stereocenters. The van der Waals surface area contributed by atoms with Crippen LogP contribution in [0, 0.1) is 5.92 Å². The van der Waals surface area contributed by atoms with E-state index in [9.17, 15) is 9.59 Å². The minimum atomic E-state index is -0.141. The first-order valence-electron chi connectivity index (χ1n) is 5.10. The lowest BCUT2D eigenvalue weighted by Gasteiger charge is -2.20. The number of amides is 2. The smallest absolute Gasteiger partial charge is 0.248 e. The molecule has 2 amide bonds. The Morgan fingerprint density at radius 3 is 2.07 bits per heavy atom. The molecule has 0 saturated carbocycles. The molecule has 0 atom stereocenters. The first-order chi connectivity index (χ1) is 6.93. The van der Waals surface area contributed by atoms with Gasteiger partial charge in [-0.2, -0.15) is 0 Å². The van der Waals surface area contributed by atoms with Gasteiger partial charge in [0.2, 0.25) is 12.3 Å². The van der Waals surface area contributed by atoms with Crippen LogP contribution in [-0.4, -0.2) is 30.3 Å². The summed E-state index contributed by atoms with van der Waals surface area (Å²) in [6.07, 6.45) is 2.34. The molecule has 0 radical (unpaired) electrons. The average Bonchev–Trinajstić information content (AvgIpc) is 2.17. The first kappa shape index (κ1) is 13.7. The highest BCUT2D eigenvalue weighted by Gasteiger charge is 2.14. The van der Waals surface area contributed by atoms with Crippen LogP contribution in [0.1, 0.15) is 27.7 Å². The van der Waals surface area contributed by atoms with E-state index in [0.29, 0.717) is 5.57 Å². The molecule has 4 nitrogen and oxygen atoms in total. The second kappa shape index (κ2) is 6.22. The monoisotopic (exact) mass is 212 g/mol. The topological polar surface area (TPSA) is 49.4 Å². The van der Waals surface area contributed by atoms with Gasteiger partial charge in [0.15, 0.2) is 0 Å². The van der Waals surface area contributed by atoms with Crippen LogP contribution >= 0.6 is 0 Å². The van der Waals surface area contributed by atoms with Gasteiger partial charge in [-0.3, -0.25) is 9.59 Å². The Balaban J connectivity index is 4.96. The fourth-order valence-electron chi connectivity index (χ4n) is 1.08. The molecule has 0 aromatic heterocycles. The van der Waals surface area contributed by atoms with E-state index in [2.05, 4.69) is 5.32 Å². The van der Waals surface area contributed by atoms with Crippen molar-refractivity contribution in [2.45, 2.75) is 33.7 Å². The highest BCUT2D eigenvalue weighted by molar-refractivity contribution is 5.93. The molecule has 0 aromatic rings. The van der Waals surface area contributed by atoms with Crippen molar-refractivity contribution in [2.75, 3.05) is 7.05 Å². The minimum Gasteiger partial charge on any atom is -0.355 e. The first-order valence-corrected chi connectivity index (χ1v) is 5.10. The number of hydrogen-bond acceptors (Lipinski definition) is 2. The van der Waals surface area contributed by atoms with E-state index in [-0.39, 0.29) is 17.9 Å². The van der Waals surface area contributed by atoms with Gasteiger partial charge in [-0.25, -0.2) is 0 Å². The van der Waals surface area contributed by atoms with Crippen LogP contribution in [-0.2, 0) is 9.59 Å². The van der Waals surface area contributed by atoms with Gasteiger partial charge in [-0.15, -0.1) is 0 Å². The molecular formula is C11H20N2O2. The van der Waals surface area contributed by atoms with Crippen molar-refractivity contribution < 1.29 is 9.59 Å². The molecule has 86 valence electrons. The predicted octanol–water partition coefficient (Wildman–Crippen LogP) is 1.14. The van der Waals surface area contributed by atoms with E-state index in [1.165, 1.54) is 4.90 Å². The van der Waals surface area contributed by atoms with Gasteiger partial charge in [0.1, 0.15) is 0 Å². The summed E-state index contributed by atoms with van der Waals surface area (Å²) in [6, 6.07) is 0.0564. The lowest BCUT2D eigenvalue weighted by atomic mass is 10.0. The zero-order valence-electron chi connectivity index (χ0n) is 10.1. The molecule has 0 fully saturated rings. The van der Waals surface area contributed by atoms with Crippen molar-refractivity contribution >= 4 is 12.3 Å². The number of carbonyl (C=O) groups excluding carboxylic acids is 2. The van der Waals surface area contributed by atoms with Crippen molar-refractivity contribution in [3.63, 3.8) is 0 Å². The molecular weight excluding hydrogens is 192 g/mol. The zero-order valence-corrected chi connectivity index (χ0v) is 10.1. The van der Waals surface area contributed by atoms with E-state index in [4.69, 9.17) is 0 Å². The van der Waals surface area contributed by atoms with Gasteiger partial charge in [-0.1, -0.05) is 13.8 Å². The fourth-order valence-corrected chi connectivity index (χ4v) is 1.08. The summed E-state index contributed by atoms with van der Waals surface area (Å²) in [5.74, 6) is -0.0522. The van der Waals surface area contributed by atoms with Crippen molar-refractivity contribution in [1.29, 1.82) is 0 Å². The molecule has 0 rings (SSSR count). The second-order valence-corrected chi connectivity index (χ2v) is 3.96. The second-order valence-electron chi connectivity index (χ2n) is 3.96. The molecule has 0 aromatic carbocycles. The molecule has 0 aliphatic carbocycles. The summed E-state index contributed by atoms with van der Waals surface area (Å²) in [7, 11) is 1.58. The third kappa shape index (κ3) is 4.14. The molecule has 15 heavy (non-hydrogen) atoms. The van der Waals surface area contributed by atoms with Gasteiger partial charge >= 0.3 is 0 Å². The Morgan fingerprint density at radius 1 is 1.27 bits per heavy atom. The van der Waals surface area contributed by atoms with Crippen LogP contribution in [0.3, 0.4) is 0 Å². The summed E-state index contributed by atoms with van der Waals surface area (Å²) in [5.41, 5.74) is 0.610. The van der Waals surface area contributed by atoms with E-state index >= 15 is 0 Å². The van der Waals surface area contributed by atoms with Gasteiger partial charge in [-0.05, 0) is 19.8 Å². The molecule has 1 N–H and O–H groups in total. The number of nitrogens with one attached hydrogen (secondary N) is 1. The quantitative estimate of drug-likeness (QED) is 0.549. The summed E-state index contributed by atoms with van der Waals surface area (Å²) >= 11 is 0. The van der Waals surface area contributed by atoms with E-state index in [0.717, 1.165) is 6.41 Å². The minimum absolute atomic E-state index is 0.0564. The van der Waals surface area contributed by atoms with E-state index in [1.54, 1.807) is 13.2 Å². The molecule has 0 aliphatic rings. The summed E-state index contributed by atoms with van der Waals surface area (Å²) in [6.45, 7) is 7.63. The number of rotatable bonds is 5. The van der Waals surface area contributed by atoms with Crippen LogP contribution < -0.4 is 5.32 Å². The Hall–Kier alpha value is -1.32. The fraction of sp³-hybridized carbons (Fsp3) is 0.636. The van der Waals surface area contributed by atoms with Crippen LogP contribution in [0.15, 0.2) is 11.8 Å². The van der Waals surface area contributed by atoms with Crippen molar-refractivity contribution in [1.82, 2.24) is 10.2 Å². The van der Waals surface area contributed by atoms with Gasteiger partial charge in [0.25, 0.3) is 0 Å². The third-order valence-electron chi connectivity index (χ3n) is 2.12. The number of likely N-dealkylation sites (N-methyl/N-ethyl adjacent to an activating group) is 1. The van der Waals surface area contributed by atoms with E-state index in [1.807, 2.05) is 27.7 Å². The predicted molar refractivity (Wildman–Crippen MR) is 60.0 cm³/mol. The lowest BCUT2D eigenvalue weighted by Crippen LogP contribution is -2.29. The van der Waals surface area contributed by atoms with Crippen LogP contribution in [0.5, 0.6) is 0 Å². The Labute approximate surface area is 91.3 Å². The Morgan fingerprint density at radius 2 is 1.80 bits per heavy atom. The largest absolute Gasteiger partial charge is 0.355 e. The highest BCUT2D eigenvalue weighted by Crippen LogP contribution is 2.11. The standard InChI is InChI=1S/C11H20N2O2/c1-8(2)10(11(15)12-5)6-13(7-14)9(3)4/h6-9H,1-5H3,(H,12,15)/b10-6-. The summed E-state index contributed by atoms with van der Waals surface area (Å²) < 4.78 is 0. The highest BCUT2D eigenvalue weighted by atomic mass is 16.2. The SMILES string of the molecule is CNC(=O)/C(=C\N(C=O)C(C)C)C(C)C. The summed E-state index contributed by atoms with van der Waals surface area (Å²) in [4.78, 5) is 23.8. The maximum Gasteiger partial charge on any atom is 0.248 e. The Bertz CT molecular complexity index is 257. The molecule has 0 spiro atoms. The summed E-state index contributed by atoms with van der Waals surface area (Å²) in [5, 5.41) is 2.56. The number of hydrogen-bond donors (Lipinski definition) is 1. The normalized spacial score (nSPS) is 11.8. The van der Waals surface area contributed by atoms with Gasteiger partial charge in [0.05, 0.1) is 0 Å². The van der Waals surface area contributed by atoms with Gasteiger partial charge in [0, 0.05) is 24.9 Å². The van der Waals surface area contributed by atoms with Crippen molar-refractivity contribution in [3.8, 4) is 0 Å². The van der Waals surface area contributed by atoms with Crippen molar-refractivity contribution in [3.05, 3.63) is 11.8 Å². The molecule has 0 bridgehead atoms. The average molecular weight is 212 g/mol. The zero-order chi connectivity index (χ0) is 12.0. The third-order valence-corrected chi connectivity index (χ3v) is 2.12. The Kier molecular flexibility index (Phi) is 5.67. The lowest BCUT2D eigenvalue weighted by molar-refractivity contribution is -0.117. The van der Waals surface area contributed by atoms with Crippen molar-refractivity contribution in [2.24, 2.45) is 5.92 Å². The van der Waals surface area contributed by atoms with Gasteiger partial charge < -0.3 is 10.2 Å². The molecule has 0 aliphatic heterocycles. The number of nitrogens with zero attached hydrogens (tertiary/aromatic N) is 1. The molecule has 0 heterocycles. The van der Waals surface area contributed by atoms with Crippen LogP contribution in [0.25, 0.3) is 0 Å². The maximum absolute atomic E-state index is 11.5. The maximum atomic E-state index is 11.5.